The molecule has 1 fully saturated rings. The molecule has 20 heavy (non-hydrogen) atoms. The number of hydrogen-bond donors (Lipinski definition) is 1. The van der Waals surface area contributed by atoms with Gasteiger partial charge in [0.1, 0.15) is 0 Å². The minimum Gasteiger partial charge on any atom is -0.466 e. The number of carbonyl (C=O) groups excluding carboxylic acids is 1. The Hall–Kier alpha value is -0.610. The fraction of sp³-hybridized carbons (Fsp3) is 0.938. The van der Waals surface area contributed by atoms with Crippen LogP contribution in [0.25, 0.3) is 0 Å². The molecule has 4 heteroatoms. The number of piperidine rings is 1. The van der Waals surface area contributed by atoms with E-state index in [1.807, 2.05) is 0 Å². The van der Waals surface area contributed by atoms with Gasteiger partial charge in [0.15, 0.2) is 0 Å². The van der Waals surface area contributed by atoms with Crippen molar-refractivity contribution >= 4 is 5.97 Å². The van der Waals surface area contributed by atoms with Gasteiger partial charge >= 0.3 is 5.97 Å². The summed E-state index contributed by atoms with van der Waals surface area (Å²) in [6, 6.07) is 0. The SMILES string of the molecule is CC(C)C[C@H](CN)CC(=O)OCCCN1CCCCC1. The highest BCUT2D eigenvalue weighted by Crippen LogP contribution is 2.15. The van der Waals surface area contributed by atoms with Crippen molar-refractivity contribution in [3.05, 3.63) is 0 Å². The van der Waals surface area contributed by atoms with Crippen LogP contribution in [0.4, 0.5) is 0 Å². The summed E-state index contributed by atoms with van der Waals surface area (Å²) in [5.41, 5.74) is 5.71. The van der Waals surface area contributed by atoms with Crippen LogP contribution in [0.5, 0.6) is 0 Å². The third-order valence-electron chi connectivity index (χ3n) is 3.92. The number of nitrogens with zero attached hydrogens (tertiary/aromatic N) is 1. The van der Waals surface area contributed by atoms with Crippen molar-refractivity contribution in [2.45, 2.75) is 52.4 Å². The lowest BCUT2D eigenvalue weighted by atomic mass is 9.94. The fourth-order valence-electron chi connectivity index (χ4n) is 2.88. The van der Waals surface area contributed by atoms with Gasteiger partial charge in [0.05, 0.1) is 6.61 Å². The molecule has 0 aliphatic carbocycles. The number of nitrogens with two attached hydrogens (primary N) is 1. The van der Waals surface area contributed by atoms with Crippen LogP contribution in [0, 0.1) is 11.8 Å². The standard InChI is InChI=1S/C16H32N2O2/c1-14(2)11-15(13-17)12-16(19)20-10-6-9-18-7-4-3-5-8-18/h14-15H,3-13,17H2,1-2H3/t15-/m0/s1. The van der Waals surface area contributed by atoms with Crippen LogP contribution in [-0.4, -0.2) is 43.7 Å². The molecule has 0 radical (unpaired) electrons. The van der Waals surface area contributed by atoms with E-state index in [2.05, 4.69) is 18.7 Å². The van der Waals surface area contributed by atoms with E-state index in [1.54, 1.807) is 0 Å². The van der Waals surface area contributed by atoms with Crippen molar-refractivity contribution in [1.29, 1.82) is 0 Å². The summed E-state index contributed by atoms with van der Waals surface area (Å²) in [6.45, 7) is 8.91. The molecule has 1 rings (SSSR count). The summed E-state index contributed by atoms with van der Waals surface area (Å²) >= 11 is 0. The Labute approximate surface area is 124 Å². The summed E-state index contributed by atoms with van der Waals surface area (Å²) in [6.07, 6.45) is 6.41. The highest BCUT2D eigenvalue weighted by molar-refractivity contribution is 5.69. The molecule has 1 saturated heterocycles. The lowest BCUT2D eigenvalue weighted by Gasteiger charge is -2.26. The molecule has 0 aromatic rings. The number of carbonyl (C=O) groups is 1. The van der Waals surface area contributed by atoms with Gasteiger partial charge in [-0.2, -0.15) is 0 Å². The first kappa shape index (κ1) is 17.4. The maximum atomic E-state index is 11.8. The van der Waals surface area contributed by atoms with Crippen molar-refractivity contribution in [3.8, 4) is 0 Å². The molecule has 0 saturated carbocycles. The number of hydrogen-bond acceptors (Lipinski definition) is 4. The van der Waals surface area contributed by atoms with Gasteiger partial charge in [0, 0.05) is 13.0 Å². The molecule has 2 N–H and O–H groups in total. The second-order valence-corrected chi connectivity index (χ2v) is 6.41. The van der Waals surface area contributed by atoms with Crippen LogP contribution in [0.1, 0.15) is 52.4 Å². The molecule has 118 valence electrons. The molecule has 0 aromatic heterocycles. The van der Waals surface area contributed by atoms with E-state index >= 15 is 0 Å². The highest BCUT2D eigenvalue weighted by Gasteiger charge is 2.15. The summed E-state index contributed by atoms with van der Waals surface area (Å²) < 4.78 is 5.33. The third kappa shape index (κ3) is 7.85. The molecular formula is C16H32N2O2. The van der Waals surface area contributed by atoms with Gasteiger partial charge in [-0.3, -0.25) is 4.79 Å². The monoisotopic (exact) mass is 284 g/mol. The van der Waals surface area contributed by atoms with Crippen molar-refractivity contribution in [2.24, 2.45) is 17.6 Å². The lowest BCUT2D eigenvalue weighted by molar-refractivity contribution is -0.145. The first-order chi connectivity index (χ1) is 9.61. The van der Waals surface area contributed by atoms with Crippen LogP contribution < -0.4 is 5.73 Å². The minimum absolute atomic E-state index is 0.0836. The zero-order valence-corrected chi connectivity index (χ0v) is 13.3. The summed E-state index contributed by atoms with van der Waals surface area (Å²) in [4.78, 5) is 14.2. The van der Waals surface area contributed by atoms with Crippen molar-refractivity contribution < 1.29 is 9.53 Å². The number of esters is 1. The molecule has 1 atom stereocenters. The van der Waals surface area contributed by atoms with E-state index in [0.717, 1.165) is 19.4 Å². The first-order valence-corrected chi connectivity index (χ1v) is 8.20. The second kappa shape index (κ2) is 10.2. The number of likely N-dealkylation sites (tertiary alicyclic amines) is 1. The van der Waals surface area contributed by atoms with Crippen molar-refractivity contribution in [1.82, 2.24) is 4.90 Å². The van der Waals surface area contributed by atoms with Gasteiger partial charge in [-0.05, 0) is 57.2 Å². The number of ether oxygens (including phenoxy) is 1. The normalized spacial score (nSPS) is 18.2. The average molecular weight is 284 g/mol. The Bertz CT molecular complexity index is 263. The molecule has 0 amide bonds. The van der Waals surface area contributed by atoms with E-state index in [0.29, 0.717) is 25.5 Å². The molecule has 0 spiro atoms. The Kier molecular flexibility index (Phi) is 8.86. The summed E-state index contributed by atoms with van der Waals surface area (Å²) in [5, 5.41) is 0. The highest BCUT2D eigenvalue weighted by atomic mass is 16.5. The van der Waals surface area contributed by atoms with Crippen molar-refractivity contribution in [3.63, 3.8) is 0 Å². The Morgan fingerprint density at radius 3 is 2.55 bits per heavy atom. The van der Waals surface area contributed by atoms with Crippen LogP contribution in [-0.2, 0) is 9.53 Å². The van der Waals surface area contributed by atoms with Crippen LogP contribution in [0.15, 0.2) is 0 Å². The van der Waals surface area contributed by atoms with Gasteiger partial charge < -0.3 is 15.4 Å². The fourth-order valence-corrected chi connectivity index (χ4v) is 2.88. The number of rotatable bonds is 9. The maximum absolute atomic E-state index is 11.8. The zero-order valence-electron chi connectivity index (χ0n) is 13.3. The summed E-state index contributed by atoms with van der Waals surface area (Å²) in [7, 11) is 0. The topological polar surface area (TPSA) is 55.6 Å². The second-order valence-electron chi connectivity index (χ2n) is 6.41. The van der Waals surface area contributed by atoms with E-state index in [9.17, 15) is 4.79 Å². The van der Waals surface area contributed by atoms with Crippen molar-refractivity contribution in [2.75, 3.05) is 32.8 Å². The smallest absolute Gasteiger partial charge is 0.306 e. The molecule has 1 aliphatic rings. The molecular weight excluding hydrogens is 252 g/mol. The third-order valence-corrected chi connectivity index (χ3v) is 3.92. The first-order valence-electron chi connectivity index (χ1n) is 8.20. The molecule has 0 bridgehead atoms. The van der Waals surface area contributed by atoms with Crippen LogP contribution in [0.2, 0.25) is 0 Å². The Balaban J connectivity index is 2.06. The minimum atomic E-state index is -0.0836. The summed E-state index contributed by atoms with van der Waals surface area (Å²) in [5.74, 6) is 0.764. The molecule has 0 unspecified atom stereocenters. The Morgan fingerprint density at radius 1 is 1.25 bits per heavy atom. The molecule has 0 aromatic carbocycles. The van der Waals surface area contributed by atoms with E-state index in [1.165, 1.54) is 32.4 Å². The molecule has 1 heterocycles. The predicted octanol–water partition coefficient (Wildman–Crippen LogP) is 2.42. The van der Waals surface area contributed by atoms with Gasteiger partial charge in [-0.1, -0.05) is 20.3 Å². The van der Waals surface area contributed by atoms with Gasteiger partial charge in [0.25, 0.3) is 0 Å². The van der Waals surface area contributed by atoms with Gasteiger partial charge in [-0.25, -0.2) is 0 Å². The quantitative estimate of drug-likeness (QED) is 0.522. The zero-order chi connectivity index (χ0) is 14.8. The largest absolute Gasteiger partial charge is 0.466 e. The van der Waals surface area contributed by atoms with Gasteiger partial charge in [0.2, 0.25) is 0 Å². The van der Waals surface area contributed by atoms with Gasteiger partial charge in [-0.15, -0.1) is 0 Å². The van der Waals surface area contributed by atoms with E-state index in [4.69, 9.17) is 10.5 Å². The molecule has 4 nitrogen and oxygen atoms in total. The van der Waals surface area contributed by atoms with Crippen LogP contribution >= 0.6 is 0 Å². The van der Waals surface area contributed by atoms with Crippen LogP contribution in [0.3, 0.4) is 0 Å². The predicted molar refractivity (Wildman–Crippen MR) is 82.5 cm³/mol. The Morgan fingerprint density at radius 2 is 1.95 bits per heavy atom. The lowest BCUT2D eigenvalue weighted by Crippen LogP contribution is -2.31. The van der Waals surface area contributed by atoms with E-state index in [-0.39, 0.29) is 11.9 Å². The van der Waals surface area contributed by atoms with E-state index < -0.39 is 0 Å². The average Bonchev–Trinajstić information content (AvgIpc) is 2.43. The molecule has 1 aliphatic heterocycles. The maximum Gasteiger partial charge on any atom is 0.306 e.